The van der Waals surface area contributed by atoms with Crippen LogP contribution < -0.4 is 5.48 Å². The van der Waals surface area contributed by atoms with Gasteiger partial charge in [0.25, 0.3) is 0 Å². The minimum atomic E-state index is 0.342. The minimum absolute atomic E-state index is 0.342. The Labute approximate surface area is 69.3 Å². The lowest BCUT2D eigenvalue weighted by Gasteiger charge is -2.06. The second-order valence-electron chi connectivity index (χ2n) is 1.88. The van der Waals surface area contributed by atoms with Gasteiger partial charge in [0.15, 0.2) is 0 Å². The number of nitrogens with zero attached hydrogens (tertiary/aromatic N) is 1. The predicted molar refractivity (Wildman–Crippen MR) is 46.4 cm³/mol. The number of hydroxylamine groups is 1. The van der Waals surface area contributed by atoms with Crippen LogP contribution in [0.2, 0.25) is 0 Å². The van der Waals surface area contributed by atoms with Gasteiger partial charge in [-0.15, -0.1) is 0 Å². The molecule has 0 spiro atoms. The zero-order chi connectivity index (χ0) is 7.28. The van der Waals surface area contributed by atoms with Crippen LogP contribution in [0.4, 0.5) is 0 Å². The highest BCUT2D eigenvalue weighted by atomic mass is 127. The van der Waals surface area contributed by atoms with Crippen LogP contribution in [-0.2, 0) is 4.84 Å². The van der Waals surface area contributed by atoms with Gasteiger partial charge in [0, 0.05) is 13.0 Å². The Morgan fingerprint density at radius 3 is 2.33 bits per heavy atom. The van der Waals surface area contributed by atoms with E-state index in [1.807, 2.05) is 36.7 Å². The standard InChI is InChI=1S/C5H11IN2O/c1-4(2)5(8-6)9-7-3/h4,7H,1-3H3. The van der Waals surface area contributed by atoms with Gasteiger partial charge in [-0.2, -0.15) is 8.69 Å². The Hall–Kier alpha value is 0.160. The van der Waals surface area contributed by atoms with Gasteiger partial charge in [0.2, 0.25) is 5.90 Å². The summed E-state index contributed by atoms with van der Waals surface area (Å²) in [6.07, 6.45) is 0. The monoisotopic (exact) mass is 242 g/mol. The molecule has 1 N–H and O–H groups in total. The third kappa shape index (κ3) is 3.69. The van der Waals surface area contributed by atoms with Crippen molar-refractivity contribution in [3.8, 4) is 0 Å². The quantitative estimate of drug-likeness (QED) is 0.345. The SMILES string of the molecule is CNOC(=NI)C(C)C. The van der Waals surface area contributed by atoms with E-state index < -0.39 is 0 Å². The molecule has 0 bridgehead atoms. The second-order valence-corrected chi connectivity index (χ2v) is 2.37. The van der Waals surface area contributed by atoms with Crippen molar-refractivity contribution in [2.75, 3.05) is 7.05 Å². The normalized spacial score (nSPS) is 12.3. The molecule has 0 aromatic heterocycles. The molecule has 0 unspecified atom stereocenters. The molecule has 0 saturated heterocycles. The second kappa shape index (κ2) is 4.99. The van der Waals surface area contributed by atoms with Crippen LogP contribution in [0.25, 0.3) is 0 Å². The molecule has 0 fully saturated rings. The zero-order valence-corrected chi connectivity index (χ0v) is 7.97. The first-order valence-corrected chi connectivity index (χ1v) is 3.71. The molecule has 0 aromatic rings. The van der Waals surface area contributed by atoms with Crippen molar-refractivity contribution < 1.29 is 4.84 Å². The first-order valence-electron chi connectivity index (χ1n) is 2.74. The highest BCUT2D eigenvalue weighted by Gasteiger charge is 2.03. The van der Waals surface area contributed by atoms with Crippen molar-refractivity contribution >= 4 is 28.8 Å². The van der Waals surface area contributed by atoms with Crippen LogP contribution in [0, 0.1) is 5.92 Å². The fourth-order valence-electron chi connectivity index (χ4n) is 0.337. The summed E-state index contributed by atoms with van der Waals surface area (Å²) in [5, 5.41) is 0. The van der Waals surface area contributed by atoms with Gasteiger partial charge in [0.05, 0.1) is 22.9 Å². The molecule has 0 aliphatic carbocycles. The minimum Gasteiger partial charge on any atom is -0.393 e. The Morgan fingerprint density at radius 2 is 2.22 bits per heavy atom. The fraction of sp³-hybridized carbons (Fsp3) is 0.800. The van der Waals surface area contributed by atoms with E-state index in [0.717, 1.165) is 5.90 Å². The lowest BCUT2D eigenvalue weighted by atomic mass is 10.2. The van der Waals surface area contributed by atoms with Crippen molar-refractivity contribution in [1.82, 2.24) is 5.48 Å². The third-order valence-electron chi connectivity index (χ3n) is 0.784. The van der Waals surface area contributed by atoms with Crippen molar-refractivity contribution in [2.24, 2.45) is 9.12 Å². The molecule has 0 amide bonds. The number of halogens is 1. The van der Waals surface area contributed by atoms with Crippen LogP contribution in [0.15, 0.2) is 3.21 Å². The Balaban J connectivity index is 3.70. The van der Waals surface area contributed by atoms with Gasteiger partial charge in [-0.1, -0.05) is 13.8 Å². The molecule has 3 nitrogen and oxygen atoms in total. The largest absolute Gasteiger partial charge is 0.393 e. The summed E-state index contributed by atoms with van der Waals surface area (Å²) in [5.74, 6) is 1.06. The lowest BCUT2D eigenvalue weighted by Crippen LogP contribution is -2.19. The summed E-state index contributed by atoms with van der Waals surface area (Å²) >= 11 is 1.91. The van der Waals surface area contributed by atoms with E-state index in [2.05, 4.69) is 8.69 Å². The molecule has 0 aliphatic heterocycles. The molecule has 0 heterocycles. The molecule has 0 atom stereocenters. The van der Waals surface area contributed by atoms with E-state index in [1.165, 1.54) is 0 Å². The van der Waals surface area contributed by atoms with E-state index in [4.69, 9.17) is 4.84 Å². The van der Waals surface area contributed by atoms with Gasteiger partial charge >= 0.3 is 0 Å². The van der Waals surface area contributed by atoms with Crippen LogP contribution >= 0.6 is 22.9 Å². The average molecular weight is 242 g/mol. The van der Waals surface area contributed by atoms with Gasteiger partial charge in [-0.05, 0) is 0 Å². The summed E-state index contributed by atoms with van der Waals surface area (Å²) in [6, 6.07) is 0. The van der Waals surface area contributed by atoms with E-state index in [0.29, 0.717) is 5.92 Å². The predicted octanol–water partition coefficient (Wildman–Crippen LogP) is 1.54. The van der Waals surface area contributed by atoms with Crippen molar-refractivity contribution in [2.45, 2.75) is 13.8 Å². The maximum Gasteiger partial charge on any atom is 0.221 e. The number of hydrogen-bond donors (Lipinski definition) is 1. The van der Waals surface area contributed by atoms with Crippen molar-refractivity contribution in [3.63, 3.8) is 0 Å². The molecule has 9 heavy (non-hydrogen) atoms. The van der Waals surface area contributed by atoms with Gasteiger partial charge < -0.3 is 4.84 Å². The summed E-state index contributed by atoms with van der Waals surface area (Å²) < 4.78 is 3.88. The maximum absolute atomic E-state index is 4.95. The lowest BCUT2D eigenvalue weighted by molar-refractivity contribution is 0.196. The third-order valence-corrected chi connectivity index (χ3v) is 1.26. The molecule has 0 rings (SSSR count). The number of rotatable bonds is 2. The Kier molecular flexibility index (Phi) is 5.07. The summed E-state index contributed by atoms with van der Waals surface area (Å²) in [4.78, 5) is 4.95. The van der Waals surface area contributed by atoms with Crippen LogP contribution in [0.1, 0.15) is 13.8 Å². The summed E-state index contributed by atoms with van der Waals surface area (Å²) in [6.45, 7) is 4.05. The van der Waals surface area contributed by atoms with E-state index >= 15 is 0 Å². The molecule has 4 heteroatoms. The highest BCUT2D eigenvalue weighted by Crippen LogP contribution is 2.00. The first-order chi connectivity index (χ1) is 4.22. The van der Waals surface area contributed by atoms with E-state index in [1.54, 1.807) is 7.05 Å². The topological polar surface area (TPSA) is 33.6 Å². The number of nitrogens with one attached hydrogen (secondary N) is 1. The summed E-state index contributed by atoms with van der Waals surface area (Å²) in [7, 11) is 1.71. The van der Waals surface area contributed by atoms with E-state index in [-0.39, 0.29) is 0 Å². The zero-order valence-electron chi connectivity index (χ0n) is 5.81. The molecular formula is C5H11IN2O. The van der Waals surface area contributed by atoms with Crippen molar-refractivity contribution in [1.29, 1.82) is 0 Å². The smallest absolute Gasteiger partial charge is 0.221 e. The highest BCUT2D eigenvalue weighted by molar-refractivity contribution is 14.1. The van der Waals surface area contributed by atoms with E-state index in [9.17, 15) is 0 Å². The molecule has 0 radical (unpaired) electrons. The Morgan fingerprint density at radius 1 is 1.67 bits per heavy atom. The molecular weight excluding hydrogens is 231 g/mol. The molecule has 0 aromatic carbocycles. The maximum atomic E-state index is 4.95. The summed E-state index contributed by atoms with van der Waals surface area (Å²) in [5.41, 5.74) is 2.56. The molecule has 0 saturated carbocycles. The van der Waals surface area contributed by atoms with Crippen LogP contribution in [-0.4, -0.2) is 12.9 Å². The van der Waals surface area contributed by atoms with Gasteiger partial charge in [-0.25, -0.2) is 0 Å². The Bertz CT molecular complexity index is 103. The van der Waals surface area contributed by atoms with Gasteiger partial charge in [0.1, 0.15) is 0 Å². The van der Waals surface area contributed by atoms with Gasteiger partial charge in [-0.3, -0.25) is 0 Å². The van der Waals surface area contributed by atoms with Crippen LogP contribution in [0.3, 0.4) is 0 Å². The fourth-order valence-corrected chi connectivity index (χ4v) is 0.993. The molecule has 0 aliphatic rings. The number of hydrogen-bond acceptors (Lipinski definition) is 3. The van der Waals surface area contributed by atoms with Crippen LogP contribution in [0.5, 0.6) is 0 Å². The van der Waals surface area contributed by atoms with Crippen molar-refractivity contribution in [3.05, 3.63) is 0 Å². The average Bonchev–Trinajstić information content (AvgIpc) is 1.82. The molecule has 54 valence electrons. The first kappa shape index (κ1) is 9.16.